The smallest absolute Gasteiger partial charge is 0.329 e. The van der Waals surface area contributed by atoms with Crippen LogP contribution in [0.3, 0.4) is 0 Å². The third kappa shape index (κ3) is 36.2. The minimum Gasteiger partial charge on any atom is -0.480 e. The van der Waals surface area contributed by atoms with Crippen LogP contribution < -0.4 is 5.32 Å². The highest BCUT2D eigenvalue weighted by molar-refractivity contribution is 5.94. The van der Waals surface area contributed by atoms with Gasteiger partial charge in [0.15, 0.2) is 5.78 Å². The lowest BCUT2D eigenvalue weighted by Gasteiger charge is -2.19. The highest BCUT2D eigenvalue weighted by atomic mass is 16.6. The van der Waals surface area contributed by atoms with Crippen molar-refractivity contribution in [2.75, 3.05) is 125 Å². The average molecular weight is 670 g/mol. The van der Waals surface area contributed by atoms with Crippen LogP contribution in [-0.4, -0.2) is 160 Å². The van der Waals surface area contributed by atoms with E-state index in [1.165, 1.54) is 0 Å². The Hall–Kier alpha value is -2.28. The van der Waals surface area contributed by atoms with Gasteiger partial charge in [-0.15, -0.1) is 0 Å². The van der Waals surface area contributed by atoms with Gasteiger partial charge in [-0.2, -0.15) is 0 Å². The Bertz CT molecular complexity index is 776. The maximum Gasteiger partial charge on any atom is 0.329 e. The van der Waals surface area contributed by atoms with Crippen molar-refractivity contribution in [3.05, 3.63) is 0 Å². The van der Waals surface area contributed by atoms with E-state index in [4.69, 9.17) is 52.5 Å². The predicted molar refractivity (Wildman–Crippen MR) is 163 cm³/mol. The summed E-state index contributed by atoms with van der Waals surface area (Å²) >= 11 is 0. The molecule has 0 atom stereocenters. The van der Waals surface area contributed by atoms with E-state index in [-0.39, 0.29) is 45.2 Å². The molecule has 0 radical (unpaired) electrons. The molecule has 0 rings (SSSR count). The first-order chi connectivity index (χ1) is 22.1. The van der Waals surface area contributed by atoms with E-state index >= 15 is 0 Å². The van der Waals surface area contributed by atoms with Gasteiger partial charge in [-0.3, -0.25) is 14.4 Å². The Morgan fingerprint density at radius 1 is 0.543 bits per heavy atom. The summed E-state index contributed by atoms with van der Waals surface area (Å²) in [5.41, 5.74) is -0.628. The first-order valence-corrected chi connectivity index (χ1v) is 15.5. The summed E-state index contributed by atoms with van der Waals surface area (Å²) in [6, 6.07) is 0. The van der Waals surface area contributed by atoms with Crippen molar-refractivity contribution in [2.45, 2.75) is 45.6 Å². The van der Waals surface area contributed by atoms with Crippen LogP contribution in [0.25, 0.3) is 0 Å². The van der Waals surface area contributed by atoms with E-state index in [0.29, 0.717) is 105 Å². The molecule has 0 heterocycles. The third-order valence-electron chi connectivity index (χ3n) is 5.13. The van der Waals surface area contributed by atoms with Gasteiger partial charge >= 0.3 is 11.9 Å². The van der Waals surface area contributed by atoms with Crippen molar-refractivity contribution < 1.29 is 71.7 Å². The number of hydrogen-bond acceptors (Lipinski definition) is 14. The Kier molecular flexibility index (Phi) is 29.8. The molecule has 0 bridgehead atoms. The normalized spacial score (nSPS) is 11.5. The van der Waals surface area contributed by atoms with Crippen molar-refractivity contribution in [2.24, 2.45) is 0 Å². The van der Waals surface area contributed by atoms with Crippen LogP contribution in [0.2, 0.25) is 0 Å². The lowest BCUT2D eigenvalue weighted by Crippen LogP contribution is -2.32. The number of esters is 1. The van der Waals surface area contributed by atoms with Crippen LogP contribution >= 0.6 is 0 Å². The van der Waals surface area contributed by atoms with E-state index in [9.17, 15) is 19.2 Å². The first-order valence-electron chi connectivity index (χ1n) is 15.5. The van der Waals surface area contributed by atoms with Gasteiger partial charge in [0.05, 0.1) is 99.1 Å². The number of hydrogen-bond donors (Lipinski definition) is 2. The van der Waals surface area contributed by atoms with Crippen LogP contribution in [0.5, 0.6) is 0 Å². The second-order valence-corrected chi connectivity index (χ2v) is 10.5. The fourth-order valence-electron chi connectivity index (χ4n) is 3.16. The molecule has 0 aliphatic rings. The van der Waals surface area contributed by atoms with Crippen LogP contribution in [0.4, 0.5) is 0 Å². The Labute approximate surface area is 271 Å². The molecule has 0 saturated heterocycles. The standard InChI is InChI=1S/C30H55NO15/c1-30(2,3)46-29(36)23-27(33)31-6-8-38-10-12-42-19-21-44-24-26(32)5-4-7-37-9-11-39-13-14-40-15-16-41-17-18-43-20-22-45-25-28(34)35/h4-25H2,1-3H3,(H,31,33)(H,34,35). The number of nitrogens with one attached hydrogen (secondary N) is 1. The zero-order chi connectivity index (χ0) is 34.1. The molecular formula is C30H55NO15. The number of amides is 1. The quantitative estimate of drug-likeness (QED) is 0.0544. The number of rotatable bonds is 34. The molecule has 0 saturated carbocycles. The lowest BCUT2D eigenvalue weighted by atomic mass is 10.2. The molecule has 0 aromatic carbocycles. The van der Waals surface area contributed by atoms with Crippen molar-refractivity contribution in [3.63, 3.8) is 0 Å². The Morgan fingerprint density at radius 3 is 1.37 bits per heavy atom. The van der Waals surface area contributed by atoms with Gasteiger partial charge < -0.3 is 57.8 Å². The first kappa shape index (κ1) is 43.7. The van der Waals surface area contributed by atoms with Crippen molar-refractivity contribution in [3.8, 4) is 0 Å². The van der Waals surface area contributed by atoms with Crippen LogP contribution in [0.15, 0.2) is 0 Å². The zero-order valence-electron chi connectivity index (χ0n) is 27.7. The van der Waals surface area contributed by atoms with Crippen molar-refractivity contribution in [1.29, 1.82) is 0 Å². The second-order valence-electron chi connectivity index (χ2n) is 10.5. The molecule has 0 aromatic rings. The van der Waals surface area contributed by atoms with E-state index in [1.54, 1.807) is 20.8 Å². The minimum atomic E-state index is -1.01. The summed E-state index contributed by atoms with van der Waals surface area (Å²) in [4.78, 5) is 45.4. The third-order valence-corrected chi connectivity index (χ3v) is 5.13. The largest absolute Gasteiger partial charge is 0.480 e. The summed E-state index contributed by atoms with van der Waals surface area (Å²) < 4.78 is 52.8. The molecule has 0 spiro atoms. The highest BCUT2D eigenvalue weighted by Gasteiger charge is 2.18. The topological polar surface area (TPSA) is 193 Å². The molecule has 16 nitrogen and oxygen atoms in total. The van der Waals surface area contributed by atoms with E-state index in [2.05, 4.69) is 5.32 Å². The number of carboxylic acids is 1. The molecule has 0 fully saturated rings. The molecular weight excluding hydrogens is 614 g/mol. The molecule has 0 aliphatic heterocycles. The molecule has 270 valence electrons. The summed E-state index contributed by atoms with van der Waals surface area (Å²) in [7, 11) is 0. The van der Waals surface area contributed by atoms with Crippen molar-refractivity contribution >= 4 is 23.6 Å². The van der Waals surface area contributed by atoms with Crippen molar-refractivity contribution in [1.82, 2.24) is 5.32 Å². The predicted octanol–water partition coefficient (Wildman–Crippen LogP) is 0.418. The van der Waals surface area contributed by atoms with Gasteiger partial charge in [0.25, 0.3) is 0 Å². The van der Waals surface area contributed by atoms with Gasteiger partial charge in [0.2, 0.25) is 5.91 Å². The number of aliphatic carboxylic acids is 1. The zero-order valence-corrected chi connectivity index (χ0v) is 27.7. The number of carboxylic acid groups (broad SMARTS) is 1. The van der Waals surface area contributed by atoms with Crippen LogP contribution in [0, 0.1) is 0 Å². The van der Waals surface area contributed by atoms with Gasteiger partial charge in [-0.05, 0) is 27.2 Å². The summed E-state index contributed by atoms with van der Waals surface area (Å²) in [5, 5.41) is 11.0. The molecule has 2 N–H and O–H groups in total. The van der Waals surface area contributed by atoms with Gasteiger partial charge in [0, 0.05) is 19.6 Å². The molecule has 46 heavy (non-hydrogen) atoms. The van der Waals surface area contributed by atoms with Gasteiger partial charge in [-0.25, -0.2) is 4.79 Å². The van der Waals surface area contributed by atoms with E-state index < -0.39 is 23.4 Å². The van der Waals surface area contributed by atoms with E-state index in [0.717, 1.165) is 0 Å². The lowest BCUT2D eigenvalue weighted by molar-refractivity contribution is -0.156. The fourth-order valence-corrected chi connectivity index (χ4v) is 3.16. The minimum absolute atomic E-state index is 0.00636. The van der Waals surface area contributed by atoms with Crippen LogP contribution in [-0.2, 0) is 66.5 Å². The fraction of sp³-hybridized carbons (Fsp3) is 0.867. The maximum absolute atomic E-state index is 11.9. The summed E-state index contributed by atoms with van der Waals surface area (Å²) in [5.74, 6) is -2.01. The van der Waals surface area contributed by atoms with Crippen LogP contribution in [0.1, 0.15) is 40.0 Å². The highest BCUT2D eigenvalue weighted by Crippen LogP contribution is 2.07. The molecule has 0 unspecified atom stereocenters. The summed E-state index contributed by atoms with van der Waals surface area (Å²) in [6.45, 7) is 11.2. The monoisotopic (exact) mass is 669 g/mol. The number of Topliss-reactive ketones (excluding diaryl/α,β-unsaturated/α-hetero) is 1. The number of ether oxygens (including phenoxy) is 10. The SMILES string of the molecule is CC(C)(C)OC(=O)CC(=O)NCCOCCOCCOCC(=O)CCCOCCOCCOCCOCCOCCOCC(=O)O. The maximum atomic E-state index is 11.9. The number of ketones is 1. The van der Waals surface area contributed by atoms with E-state index in [1.807, 2.05) is 0 Å². The molecule has 0 aromatic heterocycles. The Morgan fingerprint density at radius 2 is 0.935 bits per heavy atom. The van der Waals surface area contributed by atoms with Gasteiger partial charge in [0.1, 0.15) is 25.2 Å². The summed E-state index contributed by atoms with van der Waals surface area (Å²) in [6.07, 6.45) is 0.638. The molecule has 0 aliphatic carbocycles. The molecule has 1 amide bonds. The number of carbonyl (C=O) groups is 4. The number of carbonyl (C=O) groups excluding carboxylic acids is 3. The average Bonchev–Trinajstić information content (AvgIpc) is 2.97. The van der Waals surface area contributed by atoms with Gasteiger partial charge in [-0.1, -0.05) is 0 Å². The second kappa shape index (κ2) is 31.3. The molecule has 16 heteroatoms. The Balaban J connectivity index is 3.27.